The van der Waals surface area contributed by atoms with Crippen LogP contribution in [0, 0.1) is 0 Å². The quantitative estimate of drug-likeness (QED) is 0.182. The first-order valence-corrected chi connectivity index (χ1v) is 14.3. The highest BCUT2D eigenvalue weighted by Crippen LogP contribution is 2.38. The smallest absolute Gasteiger partial charge is 0.336 e. The van der Waals surface area contributed by atoms with Crippen LogP contribution in [0.25, 0.3) is 6.08 Å². The minimum atomic E-state index is -0.893. The summed E-state index contributed by atoms with van der Waals surface area (Å²) in [6.07, 6.45) is 1.39. The maximum absolute atomic E-state index is 13.5. The number of ether oxygens (including phenoxy) is 3. The third kappa shape index (κ3) is 6.63. The molecular weight excluding hydrogens is 691 g/mol. The fourth-order valence-corrected chi connectivity index (χ4v) is 5.61. The maximum atomic E-state index is 13.5. The molecule has 12 heteroatoms. The second-order valence-electron chi connectivity index (χ2n) is 8.30. The van der Waals surface area contributed by atoms with Crippen LogP contribution in [-0.4, -0.2) is 31.1 Å². The van der Waals surface area contributed by atoms with Crippen LogP contribution in [0.15, 0.2) is 63.0 Å². The van der Waals surface area contributed by atoms with Crippen LogP contribution < -0.4 is 24.4 Å². The topological polar surface area (TPSA) is 94.2 Å². The van der Waals surface area contributed by atoms with E-state index in [1.165, 1.54) is 12.1 Å². The Labute approximate surface area is 257 Å². The summed E-state index contributed by atoms with van der Waals surface area (Å²) < 4.78 is 18.3. The van der Waals surface area contributed by atoms with Crippen LogP contribution in [0.4, 0.5) is 10.5 Å². The SMILES string of the molecule is CCOc1ccc(OCC)c(N2C(=O)NC(=O)/C(=C\c3cc(Br)c(OCc4ccc(Cl)c(Cl)c4)c(Br)c3)C2=O)c1. The third-order valence-electron chi connectivity index (χ3n) is 5.58. The average molecular weight is 713 g/mol. The molecule has 0 atom stereocenters. The summed E-state index contributed by atoms with van der Waals surface area (Å²) in [5.41, 5.74) is 1.23. The van der Waals surface area contributed by atoms with Crippen molar-refractivity contribution in [3.05, 3.63) is 84.2 Å². The number of carbonyl (C=O) groups excluding carboxylic acids is 3. The van der Waals surface area contributed by atoms with Gasteiger partial charge in [-0.3, -0.25) is 14.9 Å². The van der Waals surface area contributed by atoms with Crippen LogP contribution in [-0.2, 0) is 16.2 Å². The van der Waals surface area contributed by atoms with Gasteiger partial charge in [0.25, 0.3) is 11.8 Å². The Morgan fingerprint density at radius 3 is 2.23 bits per heavy atom. The molecule has 0 saturated carbocycles. The number of rotatable bonds is 9. The van der Waals surface area contributed by atoms with Crippen LogP contribution in [0.1, 0.15) is 25.0 Å². The van der Waals surface area contributed by atoms with Crippen molar-refractivity contribution in [1.29, 1.82) is 0 Å². The number of halogens is 4. The first-order valence-electron chi connectivity index (χ1n) is 12.0. The van der Waals surface area contributed by atoms with Crippen LogP contribution in [0.3, 0.4) is 0 Å². The van der Waals surface area contributed by atoms with Crippen molar-refractivity contribution in [2.45, 2.75) is 20.5 Å². The highest BCUT2D eigenvalue weighted by Gasteiger charge is 2.38. The summed E-state index contributed by atoms with van der Waals surface area (Å²) in [7, 11) is 0. The second-order valence-corrected chi connectivity index (χ2v) is 10.8. The molecule has 1 fully saturated rings. The first kappa shape index (κ1) is 29.9. The van der Waals surface area contributed by atoms with Crippen LogP contribution in [0.2, 0.25) is 10.0 Å². The summed E-state index contributed by atoms with van der Waals surface area (Å²) in [5.74, 6) is -0.406. The fraction of sp³-hybridized carbons (Fsp3) is 0.179. The lowest BCUT2D eigenvalue weighted by atomic mass is 10.1. The number of amides is 4. The Bertz CT molecular complexity index is 1510. The zero-order chi connectivity index (χ0) is 29.0. The van der Waals surface area contributed by atoms with E-state index in [-0.39, 0.29) is 23.6 Å². The van der Waals surface area contributed by atoms with Gasteiger partial charge in [-0.15, -0.1) is 0 Å². The molecule has 4 rings (SSSR count). The zero-order valence-electron chi connectivity index (χ0n) is 21.2. The van der Waals surface area contributed by atoms with E-state index in [1.807, 2.05) is 6.92 Å². The number of hydrogen-bond acceptors (Lipinski definition) is 6. The number of imide groups is 2. The van der Waals surface area contributed by atoms with Crippen molar-refractivity contribution in [3.63, 3.8) is 0 Å². The molecule has 1 N–H and O–H groups in total. The molecule has 208 valence electrons. The summed E-state index contributed by atoms with van der Waals surface area (Å²) >= 11 is 19.0. The van der Waals surface area contributed by atoms with E-state index in [4.69, 9.17) is 37.4 Å². The standard InChI is InChI=1S/C28H22Br2Cl2N2O6/c1-3-38-17-6-8-24(39-4-2)23(13-17)34-27(36)18(26(35)33-28(34)37)9-16-10-19(29)25(20(30)11-16)40-14-15-5-7-21(31)22(32)12-15/h5-13H,3-4,14H2,1-2H3,(H,33,35,37)/b18-9+. The Hall–Kier alpha value is -3.05. The normalized spacial score (nSPS) is 14.4. The Kier molecular flexibility index (Phi) is 9.78. The summed E-state index contributed by atoms with van der Waals surface area (Å²) in [4.78, 5) is 40.0. The summed E-state index contributed by atoms with van der Waals surface area (Å²) in [5, 5.41) is 3.10. The molecule has 0 unspecified atom stereocenters. The molecule has 3 aromatic carbocycles. The summed E-state index contributed by atoms with van der Waals surface area (Å²) in [6.45, 7) is 4.49. The van der Waals surface area contributed by atoms with Gasteiger partial charge in [0, 0.05) is 6.07 Å². The van der Waals surface area contributed by atoms with E-state index in [1.54, 1.807) is 49.4 Å². The van der Waals surface area contributed by atoms with E-state index in [9.17, 15) is 14.4 Å². The zero-order valence-corrected chi connectivity index (χ0v) is 25.9. The minimum absolute atomic E-state index is 0.155. The number of nitrogens with one attached hydrogen (secondary N) is 1. The number of nitrogens with zero attached hydrogens (tertiary/aromatic N) is 1. The van der Waals surface area contributed by atoms with Crippen molar-refractivity contribution in [3.8, 4) is 17.2 Å². The molecule has 0 aliphatic carbocycles. The van der Waals surface area contributed by atoms with E-state index in [2.05, 4.69) is 37.2 Å². The maximum Gasteiger partial charge on any atom is 0.336 e. The van der Waals surface area contributed by atoms with Crippen molar-refractivity contribution >= 4 is 84.7 Å². The molecule has 1 aliphatic rings. The van der Waals surface area contributed by atoms with Gasteiger partial charge >= 0.3 is 6.03 Å². The highest BCUT2D eigenvalue weighted by molar-refractivity contribution is 9.11. The van der Waals surface area contributed by atoms with Crippen molar-refractivity contribution in [1.82, 2.24) is 5.32 Å². The van der Waals surface area contributed by atoms with Crippen molar-refractivity contribution in [2.75, 3.05) is 18.1 Å². The van der Waals surface area contributed by atoms with E-state index >= 15 is 0 Å². The number of urea groups is 1. The van der Waals surface area contributed by atoms with Gasteiger partial charge in [-0.05, 0) is 99.3 Å². The lowest BCUT2D eigenvalue weighted by Gasteiger charge is -2.28. The van der Waals surface area contributed by atoms with E-state index in [0.29, 0.717) is 49.3 Å². The van der Waals surface area contributed by atoms with Gasteiger partial charge in [-0.1, -0.05) is 29.3 Å². The fourth-order valence-electron chi connectivity index (χ4n) is 3.83. The molecule has 0 bridgehead atoms. The van der Waals surface area contributed by atoms with E-state index < -0.39 is 17.8 Å². The van der Waals surface area contributed by atoms with Gasteiger partial charge in [0.15, 0.2) is 0 Å². The number of hydrogen-bond donors (Lipinski definition) is 1. The van der Waals surface area contributed by atoms with Gasteiger partial charge in [0.05, 0.1) is 37.9 Å². The largest absolute Gasteiger partial charge is 0.494 e. The predicted octanol–water partition coefficient (Wildman–Crippen LogP) is 7.56. The molecule has 4 amide bonds. The Balaban J connectivity index is 1.64. The number of anilines is 1. The van der Waals surface area contributed by atoms with E-state index in [0.717, 1.165) is 10.5 Å². The molecular formula is C28H22Br2Cl2N2O6. The monoisotopic (exact) mass is 710 g/mol. The molecule has 0 spiro atoms. The molecule has 40 heavy (non-hydrogen) atoms. The van der Waals surface area contributed by atoms with Gasteiger partial charge in [-0.2, -0.15) is 0 Å². The molecule has 0 aromatic heterocycles. The van der Waals surface area contributed by atoms with Crippen molar-refractivity contribution < 1.29 is 28.6 Å². The highest BCUT2D eigenvalue weighted by atomic mass is 79.9. The Morgan fingerprint density at radius 2 is 1.57 bits per heavy atom. The van der Waals surface area contributed by atoms with Gasteiger partial charge in [0.2, 0.25) is 0 Å². The van der Waals surface area contributed by atoms with Crippen LogP contribution >= 0.6 is 55.1 Å². The number of carbonyl (C=O) groups is 3. The first-order chi connectivity index (χ1) is 19.1. The lowest BCUT2D eigenvalue weighted by Crippen LogP contribution is -2.54. The van der Waals surface area contributed by atoms with Crippen molar-refractivity contribution in [2.24, 2.45) is 0 Å². The molecule has 3 aromatic rings. The molecule has 1 aliphatic heterocycles. The van der Waals surface area contributed by atoms with Gasteiger partial charge in [0.1, 0.15) is 29.4 Å². The predicted molar refractivity (Wildman–Crippen MR) is 160 cm³/mol. The second kappa shape index (κ2) is 13.1. The van der Waals surface area contributed by atoms with Gasteiger partial charge in [-0.25, -0.2) is 9.69 Å². The van der Waals surface area contributed by atoms with Gasteiger partial charge < -0.3 is 14.2 Å². The van der Waals surface area contributed by atoms with Crippen LogP contribution in [0.5, 0.6) is 17.2 Å². The Morgan fingerprint density at radius 1 is 0.875 bits per heavy atom. The number of barbiturate groups is 1. The third-order valence-corrected chi connectivity index (χ3v) is 7.50. The molecule has 8 nitrogen and oxygen atoms in total. The average Bonchev–Trinajstić information content (AvgIpc) is 2.89. The summed E-state index contributed by atoms with van der Waals surface area (Å²) in [6, 6.07) is 12.5. The lowest BCUT2D eigenvalue weighted by molar-refractivity contribution is -0.122. The molecule has 0 radical (unpaired) electrons. The molecule has 1 heterocycles. The molecule has 1 saturated heterocycles. The minimum Gasteiger partial charge on any atom is -0.494 e. The number of benzene rings is 3.